The third-order valence-electron chi connectivity index (χ3n) is 4.01. The Hall–Kier alpha value is -1.49. The Balaban J connectivity index is 1.74. The highest BCUT2D eigenvalue weighted by Gasteiger charge is 2.28. The molecule has 116 valence electrons. The zero-order valence-electron chi connectivity index (χ0n) is 12.9. The van der Waals surface area contributed by atoms with Gasteiger partial charge in [-0.2, -0.15) is 0 Å². The summed E-state index contributed by atoms with van der Waals surface area (Å²) in [7, 11) is 0. The van der Waals surface area contributed by atoms with E-state index >= 15 is 0 Å². The minimum atomic E-state index is 0.00306. The molecule has 2 atom stereocenters. The van der Waals surface area contributed by atoms with Crippen LogP contribution in [0.5, 0.6) is 0 Å². The molecule has 1 saturated heterocycles. The lowest BCUT2D eigenvalue weighted by Crippen LogP contribution is -2.44. The number of aromatic nitrogens is 2. The van der Waals surface area contributed by atoms with Gasteiger partial charge in [-0.15, -0.1) is 0 Å². The molecule has 0 amide bonds. The molecule has 1 aliphatic heterocycles. The molecular weight excluding hydrogens is 298 g/mol. The summed E-state index contributed by atoms with van der Waals surface area (Å²) in [4.78, 5) is 11.1. The maximum Gasteiger partial charge on any atom is 0.0967 e. The number of benzene rings is 1. The van der Waals surface area contributed by atoms with Crippen molar-refractivity contribution < 1.29 is 4.74 Å². The van der Waals surface area contributed by atoms with Crippen molar-refractivity contribution in [1.82, 2.24) is 14.9 Å². The molecule has 0 aliphatic carbocycles. The van der Waals surface area contributed by atoms with Crippen LogP contribution in [0.4, 0.5) is 0 Å². The zero-order chi connectivity index (χ0) is 15.5. The van der Waals surface area contributed by atoms with Crippen molar-refractivity contribution in [1.29, 1.82) is 0 Å². The minimum absolute atomic E-state index is 0.00306. The van der Waals surface area contributed by atoms with Crippen LogP contribution in [0.1, 0.15) is 30.0 Å². The lowest BCUT2D eigenvalue weighted by Gasteiger charge is -2.38. The Bertz CT molecular complexity index is 632. The molecule has 0 bridgehead atoms. The number of rotatable bonds is 3. The van der Waals surface area contributed by atoms with Crippen LogP contribution in [-0.2, 0) is 11.3 Å². The largest absolute Gasteiger partial charge is 0.371 e. The van der Waals surface area contributed by atoms with Crippen LogP contribution < -0.4 is 0 Å². The van der Waals surface area contributed by atoms with Crippen molar-refractivity contribution in [3.8, 4) is 0 Å². The van der Waals surface area contributed by atoms with Crippen LogP contribution in [-0.4, -0.2) is 34.1 Å². The molecule has 2 aromatic rings. The van der Waals surface area contributed by atoms with Gasteiger partial charge in [-0.3, -0.25) is 14.9 Å². The average Bonchev–Trinajstić information content (AvgIpc) is 2.52. The summed E-state index contributed by atoms with van der Waals surface area (Å²) in [5.74, 6) is 0. The van der Waals surface area contributed by atoms with Gasteiger partial charge in [-0.1, -0.05) is 29.8 Å². The second kappa shape index (κ2) is 6.73. The Labute approximate surface area is 136 Å². The molecule has 5 heteroatoms. The SMILES string of the molecule is Cc1cnc(CN2C[C@H](c3ccccc3Cl)OC[C@@H]2C)cn1. The van der Waals surface area contributed by atoms with Crippen LogP contribution in [0.3, 0.4) is 0 Å². The first kappa shape index (κ1) is 15.4. The number of hydrogen-bond donors (Lipinski definition) is 0. The first-order valence-corrected chi connectivity index (χ1v) is 7.89. The molecule has 22 heavy (non-hydrogen) atoms. The van der Waals surface area contributed by atoms with Crippen LogP contribution in [0.15, 0.2) is 36.7 Å². The summed E-state index contributed by atoms with van der Waals surface area (Å²) in [5, 5.41) is 0.761. The van der Waals surface area contributed by atoms with Crippen LogP contribution >= 0.6 is 11.6 Å². The summed E-state index contributed by atoms with van der Waals surface area (Å²) in [5.41, 5.74) is 2.97. The Kier molecular flexibility index (Phi) is 4.71. The van der Waals surface area contributed by atoms with Gasteiger partial charge in [0.15, 0.2) is 0 Å². The molecule has 4 nitrogen and oxygen atoms in total. The van der Waals surface area contributed by atoms with Crippen LogP contribution in [0.2, 0.25) is 5.02 Å². The van der Waals surface area contributed by atoms with Crippen molar-refractivity contribution in [3.05, 3.63) is 58.6 Å². The van der Waals surface area contributed by atoms with Gasteiger partial charge in [0.05, 0.1) is 24.1 Å². The topological polar surface area (TPSA) is 38.2 Å². The molecule has 2 heterocycles. The Morgan fingerprint density at radius 1 is 1.27 bits per heavy atom. The maximum absolute atomic E-state index is 6.30. The number of morpholine rings is 1. The van der Waals surface area contributed by atoms with Gasteiger partial charge >= 0.3 is 0 Å². The molecule has 0 saturated carbocycles. The fourth-order valence-electron chi connectivity index (χ4n) is 2.66. The lowest BCUT2D eigenvalue weighted by molar-refractivity contribution is -0.0636. The molecule has 0 unspecified atom stereocenters. The third-order valence-corrected chi connectivity index (χ3v) is 4.36. The van der Waals surface area contributed by atoms with E-state index in [1.165, 1.54) is 0 Å². The van der Waals surface area contributed by atoms with Gasteiger partial charge in [-0.25, -0.2) is 0 Å². The van der Waals surface area contributed by atoms with Gasteiger partial charge < -0.3 is 4.74 Å². The molecular formula is C17H20ClN3O. The fraction of sp³-hybridized carbons (Fsp3) is 0.412. The highest BCUT2D eigenvalue weighted by Crippen LogP contribution is 2.30. The molecule has 1 aliphatic rings. The van der Waals surface area contributed by atoms with Crippen LogP contribution in [0.25, 0.3) is 0 Å². The number of hydrogen-bond acceptors (Lipinski definition) is 4. The molecule has 3 rings (SSSR count). The van der Waals surface area contributed by atoms with Crippen molar-refractivity contribution in [2.75, 3.05) is 13.2 Å². The predicted molar refractivity (Wildman–Crippen MR) is 86.8 cm³/mol. The second-order valence-electron chi connectivity index (χ2n) is 5.77. The zero-order valence-corrected chi connectivity index (χ0v) is 13.6. The van der Waals surface area contributed by atoms with Crippen molar-refractivity contribution in [2.24, 2.45) is 0 Å². The summed E-state index contributed by atoms with van der Waals surface area (Å²) < 4.78 is 5.98. The lowest BCUT2D eigenvalue weighted by atomic mass is 10.1. The monoisotopic (exact) mass is 317 g/mol. The highest BCUT2D eigenvalue weighted by atomic mass is 35.5. The third kappa shape index (κ3) is 3.46. The number of nitrogens with zero attached hydrogens (tertiary/aromatic N) is 3. The van der Waals surface area contributed by atoms with E-state index in [-0.39, 0.29) is 6.10 Å². The Morgan fingerprint density at radius 2 is 2.09 bits per heavy atom. The van der Waals surface area contributed by atoms with Crippen molar-refractivity contribution >= 4 is 11.6 Å². The van der Waals surface area contributed by atoms with Crippen molar-refractivity contribution in [3.63, 3.8) is 0 Å². The predicted octanol–water partition coefficient (Wildman–Crippen LogP) is 3.40. The van der Waals surface area contributed by atoms with E-state index in [9.17, 15) is 0 Å². The van der Waals surface area contributed by atoms with E-state index in [1.807, 2.05) is 43.6 Å². The van der Waals surface area contributed by atoms with E-state index in [0.29, 0.717) is 12.6 Å². The molecule has 1 fully saturated rings. The fourth-order valence-corrected chi connectivity index (χ4v) is 2.92. The van der Waals surface area contributed by atoms with Gasteiger partial charge in [0, 0.05) is 42.1 Å². The summed E-state index contributed by atoms with van der Waals surface area (Å²) in [6.45, 7) is 6.39. The van der Waals surface area contributed by atoms with Gasteiger partial charge in [0.2, 0.25) is 0 Å². The highest BCUT2D eigenvalue weighted by molar-refractivity contribution is 6.31. The normalized spacial score (nSPS) is 22.7. The van der Waals surface area contributed by atoms with Crippen molar-refractivity contribution in [2.45, 2.75) is 32.5 Å². The smallest absolute Gasteiger partial charge is 0.0967 e. The standard InChI is InChI=1S/C17H20ClN3O/c1-12-7-20-14(8-19-12)9-21-10-17(22-11-13(21)2)15-5-3-4-6-16(15)18/h3-8,13,17H,9-11H2,1-2H3/t13-,17+/m0/s1. The van der Waals surface area contributed by atoms with E-state index in [0.717, 1.165) is 35.1 Å². The number of halogens is 1. The minimum Gasteiger partial charge on any atom is -0.371 e. The summed E-state index contributed by atoms with van der Waals surface area (Å²) in [6.07, 6.45) is 3.66. The first-order chi connectivity index (χ1) is 10.6. The van der Waals surface area contributed by atoms with Gasteiger partial charge in [-0.05, 0) is 19.9 Å². The summed E-state index contributed by atoms with van der Waals surface area (Å²) in [6, 6.07) is 8.23. The molecule has 1 aromatic heterocycles. The molecule has 1 aromatic carbocycles. The quantitative estimate of drug-likeness (QED) is 0.869. The van der Waals surface area contributed by atoms with E-state index in [1.54, 1.807) is 0 Å². The second-order valence-corrected chi connectivity index (χ2v) is 6.18. The summed E-state index contributed by atoms with van der Waals surface area (Å²) >= 11 is 6.30. The van der Waals surface area contributed by atoms with Gasteiger partial charge in [0.1, 0.15) is 0 Å². The number of ether oxygens (including phenoxy) is 1. The molecule has 0 N–H and O–H groups in total. The maximum atomic E-state index is 6.30. The first-order valence-electron chi connectivity index (χ1n) is 7.51. The van der Waals surface area contributed by atoms with E-state index in [4.69, 9.17) is 16.3 Å². The van der Waals surface area contributed by atoms with Crippen LogP contribution in [0, 0.1) is 6.92 Å². The molecule has 0 spiro atoms. The van der Waals surface area contributed by atoms with Gasteiger partial charge in [0.25, 0.3) is 0 Å². The average molecular weight is 318 g/mol. The van der Waals surface area contributed by atoms with E-state index in [2.05, 4.69) is 21.8 Å². The van der Waals surface area contributed by atoms with E-state index < -0.39 is 0 Å². The Morgan fingerprint density at radius 3 is 2.82 bits per heavy atom. The molecule has 0 radical (unpaired) electrons. The number of aryl methyl sites for hydroxylation is 1.